The van der Waals surface area contributed by atoms with Crippen LogP contribution in [0.15, 0.2) is 0 Å². The molecule has 0 saturated carbocycles. The van der Waals surface area contributed by atoms with E-state index in [0.29, 0.717) is 13.2 Å². The van der Waals surface area contributed by atoms with Crippen LogP contribution in [0.3, 0.4) is 0 Å². The zero-order valence-corrected chi connectivity index (χ0v) is 11.8. The van der Waals surface area contributed by atoms with E-state index in [9.17, 15) is 4.79 Å². The summed E-state index contributed by atoms with van der Waals surface area (Å²) in [4.78, 5) is 11.8. The Morgan fingerprint density at radius 1 is 1.12 bits per heavy atom. The fraction of sp³-hybridized carbons (Fsp3) is 0.923. The lowest BCUT2D eigenvalue weighted by Gasteiger charge is -2.35. The minimum Gasteiger partial charge on any atom is -0.463 e. The number of carbonyl (C=O) groups is 1. The summed E-state index contributed by atoms with van der Waals surface area (Å²) in [6.07, 6.45) is 2.14. The van der Waals surface area contributed by atoms with E-state index in [0.717, 1.165) is 19.4 Å². The van der Waals surface area contributed by atoms with Crippen molar-refractivity contribution in [2.45, 2.75) is 53.0 Å². The van der Waals surface area contributed by atoms with Crippen LogP contribution < -0.4 is 5.73 Å². The third-order valence-electron chi connectivity index (χ3n) is 3.22. The van der Waals surface area contributed by atoms with Gasteiger partial charge in [-0.15, -0.1) is 0 Å². The quantitative estimate of drug-likeness (QED) is 0.525. The average molecular weight is 245 g/mol. The van der Waals surface area contributed by atoms with Gasteiger partial charge in [-0.1, -0.05) is 13.3 Å². The second-order valence-electron chi connectivity index (χ2n) is 5.45. The molecule has 0 aliphatic heterocycles. The Bertz CT molecular complexity index is 231. The Labute approximate surface area is 105 Å². The Morgan fingerprint density at radius 2 is 1.71 bits per heavy atom. The van der Waals surface area contributed by atoms with Crippen LogP contribution in [0.4, 0.5) is 0 Å². The Morgan fingerprint density at radius 3 is 2.18 bits per heavy atom. The fourth-order valence-corrected chi connectivity index (χ4v) is 0.985. The van der Waals surface area contributed by atoms with Crippen molar-refractivity contribution in [2.75, 3.05) is 19.8 Å². The van der Waals surface area contributed by atoms with E-state index in [1.807, 2.05) is 13.8 Å². The van der Waals surface area contributed by atoms with Gasteiger partial charge in [0.2, 0.25) is 0 Å². The van der Waals surface area contributed by atoms with Crippen LogP contribution in [0.25, 0.3) is 0 Å². The van der Waals surface area contributed by atoms with Crippen LogP contribution >= 0.6 is 0 Å². The molecule has 4 heteroatoms. The summed E-state index contributed by atoms with van der Waals surface area (Å²) in [5.74, 6) is -0.274. The van der Waals surface area contributed by atoms with E-state index in [4.69, 9.17) is 15.2 Å². The topological polar surface area (TPSA) is 61.5 Å². The normalized spacial score (nSPS) is 12.6. The highest BCUT2D eigenvalue weighted by Gasteiger charge is 2.41. The van der Waals surface area contributed by atoms with Gasteiger partial charge in [0.15, 0.2) is 0 Å². The molecule has 0 aromatic rings. The van der Waals surface area contributed by atoms with Crippen LogP contribution in [0.5, 0.6) is 0 Å². The van der Waals surface area contributed by atoms with Gasteiger partial charge in [0.1, 0.15) is 6.61 Å². The predicted molar refractivity (Wildman–Crippen MR) is 68.7 cm³/mol. The number of hydrogen-bond acceptors (Lipinski definition) is 4. The number of ether oxygens (including phenoxy) is 2. The molecule has 0 saturated heterocycles. The molecule has 0 aliphatic rings. The van der Waals surface area contributed by atoms with Crippen LogP contribution in [0, 0.1) is 5.41 Å². The second-order valence-corrected chi connectivity index (χ2v) is 5.45. The van der Waals surface area contributed by atoms with Crippen LogP contribution in [-0.4, -0.2) is 31.3 Å². The molecule has 102 valence electrons. The molecule has 0 unspecified atom stereocenters. The van der Waals surface area contributed by atoms with Crippen molar-refractivity contribution in [3.63, 3.8) is 0 Å². The molecular formula is C13H27NO3. The maximum Gasteiger partial charge on any atom is 0.313 e. The first-order chi connectivity index (χ1) is 7.73. The largest absolute Gasteiger partial charge is 0.463 e. The summed E-state index contributed by atoms with van der Waals surface area (Å²) >= 11 is 0. The lowest BCUT2D eigenvalue weighted by Crippen LogP contribution is -2.52. The van der Waals surface area contributed by atoms with E-state index >= 15 is 0 Å². The molecule has 17 heavy (non-hydrogen) atoms. The molecular weight excluding hydrogens is 218 g/mol. The van der Waals surface area contributed by atoms with Gasteiger partial charge in [-0.3, -0.25) is 4.79 Å². The molecule has 0 radical (unpaired) electrons. The van der Waals surface area contributed by atoms with Gasteiger partial charge in [0.25, 0.3) is 0 Å². The van der Waals surface area contributed by atoms with E-state index in [1.54, 1.807) is 13.8 Å². The van der Waals surface area contributed by atoms with Crippen LogP contribution in [0.1, 0.15) is 47.5 Å². The molecule has 0 heterocycles. The molecule has 0 atom stereocenters. The third kappa shape index (κ3) is 5.50. The molecule has 4 nitrogen and oxygen atoms in total. The van der Waals surface area contributed by atoms with Gasteiger partial charge < -0.3 is 15.2 Å². The van der Waals surface area contributed by atoms with Gasteiger partial charge in [0.05, 0.1) is 12.0 Å². The van der Waals surface area contributed by atoms with E-state index < -0.39 is 11.0 Å². The smallest absolute Gasteiger partial charge is 0.313 e. The Kier molecular flexibility index (Phi) is 6.72. The predicted octanol–water partition coefficient (Wildman–Crippen LogP) is 2.11. The minimum atomic E-state index is -0.698. The summed E-state index contributed by atoms with van der Waals surface area (Å²) in [7, 11) is 0. The van der Waals surface area contributed by atoms with Crippen molar-refractivity contribution in [3.8, 4) is 0 Å². The van der Waals surface area contributed by atoms with Gasteiger partial charge in [-0.2, -0.15) is 0 Å². The summed E-state index contributed by atoms with van der Waals surface area (Å²) in [6, 6.07) is 0. The van der Waals surface area contributed by atoms with Crippen molar-refractivity contribution >= 4 is 5.97 Å². The number of rotatable bonds is 8. The van der Waals surface area contributed by atoms with E-state index in [2.05, 4.69) is 6.92 Å². The highest BCUT2D eigenvalue weighted by Crippen LogP contribution is 2.29. The van der Waals surface area contributed by atoms with Gasteiger partial charge in [0, 0.05) is 12.1 Å². The van der Waals surface area contributed by atoms with E-state index in [1.165, 1.54) is 0 Å². The lowest BCUT2D eigenvalue weighted by atomic mass is 9.75. The number of nitrogens with two attached hydrogens (primary N) is 1. The van der Waals surface area contributed by atoms with Crippen molar-refractivity contribution in [3.05, 3.63) is 0 Å². The number of esters is 1. The molecule has 0 fully saturated rings. The zero-order chi connectivity index (χ0) is 13.5. The average Bonchev–Trinajstić information content (AvgIpc) is 2.21. The molecule has 0 aliphatic carbocycles. The molecule has 0 rings (SSSR count). The number of unbranched alkanes of at least 4 members (excludes halogenated alkanes) is 1. The highest BCUT2D eigenvalue weighted by molar-refractivity contribution is 5.77. The monoisotopic (exact) mass is 245 g/mol. The van der Waals surface area contributed by atoms with Crippen molar-refractivity contribution in [2.24, 2.45) is 11.1 Å². The fourth-order valence-electron chi connectivity index (χ4n) is 0.985. The standard InChI is InChI=1S/C13H27NO3/c1-6-7-8-16-9-10-17-11(15)12(2,3)13(4,5)14/h6-10,14H2,1-5H3. The molecule has 0 aromatic carbocycles. The molecule has 0 spiro atoms. The van der Waals surface area contributed by atoms with E-state index in [-0.39, 0.29) is 5.97 Å². The maximum absolute atomic E-state index is 11.8. The zero-order valence-electron chi connectivity index (χ0n) is 11.8. The van der Waals surface area contributed by atoms with Crippen molar-refractivity contribution in [1.82, 2.24) is 0 Å². The van der Waals surface area contributed by atoms with Gasteiger partial charge >= 0.3 is 5.97 Å². The lowest BCUT2D eigenvalue weighted by molar-refractivity contribution is -0.158. The molecule has 0 bridgehead atoms. The summed E-state index contributed by atoms with van der Waals surface area (Å²) in [6.45, 7) is 10.8. The number of hydrogen-bond donors (Lipinski definition) is 1. The summed E-state index contributed by atoms with van der Waals surface area (Å²) < 4.78 is 10.5. The first kappa shape index (κ1) is 16.4. The molecule has 2 N–H and O–H groups in total. The van der Waals surface area contributed by atoms with Crippen molar-refractivity contribution < 1.29 is 14.3 Å². The highest BCUT2D eigenvalue weighted by atomic mass is 16.6. The second kappa shape index (κ2) is 6.97. The molecule has 0 aromatic heterocycles. The van der Waals surface area contributed by atoms with Crippen molar-refractivity contribution in [1.29, 1.82) is 0 Å². The number of carbonyl (C=O) groups excluding carboxylic acids is 1. The van der Waals surface area contributed by atoms with Crippen LogP contribution in [0.2, 0.25) is 0 Å². The Hall–Kier alpha value is -0.610. The summed E-state index contributed by atoms with van der Waals surface area (Å²) in [5, 5.41) is 0. The molecule has 0 amide bonds. The van der Waals surface area contributed by atoms with Gasteiger partial charge in [-0.05, 0) is 34.1 Å². The van der Waals surface area contributed by atoms with Crippen LogP contribution in [-0.2, 0) is 14.3 Å². The summed E-state index contributed by atoms with van der Waals surface area (Å²) in [5.41, 5.74) is 4.65. The first-order valence-electron chi connectivity index (χ1n) is 6.27. The third-order valence-corrected chi connectivity index (χ3v) is 3.22. The first-order valence-corrected chi connectivity index (χ1v) is 6.27. The maximum atomic E-state index is 11.8. The van der Waals surface area contributed by atoms with Gasteiger partial charge in [-0.25, -0.2) is 0 Å². The minimum absolute atomic E-state index is 0.274. The SMILES string of the molecule is CCCCOCCOC(=O)C(C)(C)C(C)(C)N. The Balaban J connectivity index is 3.87.